The minimum atomic E-state index is -0.401. The molecule has 2 heterocycles. The van der Waals surface area contributed by atoms with E-state index in [2.05, 4.69) is 9.97 Å². The van der Waals surface area contributed by atoms with Crippen LogP contribution in [0.2, 0.25) is 5.02 Å². The van der Waals surface area contributed by atoms with E-state index in [-0.39, 0.29) is 11.7 Å². The lowest BCUT2D eigenvalue weighted by atomic mass is 9.86. The second-order valence-electron chi connectivity index (χ2n) is 6.42. The summed E-state index contributed by atoms with van der Waals surface area (Å²) in [6, 6.07) is 0.158. The number of aromatic amines is 1. The molecule has 0 amide bonds. The van der Waals surface area contributed by atoms with Gasteiger partial charge < -0.3 is 0 Å². The molecule has 0 unspecified atom stereocenters. The molecule has 0 aromatic carbocycles. The van der Waals surface area contributed by atoms with E-state index in [0.29, 0.717) is 21.8 Å². The lowest BCUT2D eigenvalue weighted by Crippen LogP contribution is -2.30. The average molecular weight is 320 g/mol. The molecule has 2 aliphatic rings. The first-order valence-electron chi connectivity index (χ1n) is 7.99. The van der Waals surface area contributed by atoms with Crippen molar-refractivity contribution in [2.24, 2.45) is 0 Å². The number of pyridine rings is 1. The van der Waals surface area contributed by atoms with Gasteiger partial charge >= 0.3 is 5.69 Å². The first-order valence-corrected chi connectivity index (χ1v) is 8.37. The van der Waals surface area contributed by atoms with E-state index in [1.165, 1.54) is 19.3 Å². The largest absolute Gasteiger partial charge is 0.329 e. The minimum Gasteiger partial charge on any atom is -0.289 e. The zero-order chi connectivity index (χ0) is 15.3. The number of hydrogen-bond donors (Lipinski definition) is 1. The fraction of sp³-hybridized carbons (Fsp3) is 0.562. The van der Waals surface area contributed by atoms with Crippen LogP contribution in [0.25, 0.3) is 10.9 Å². The van der Waals surface area contributed by atoms with Gasteiger partial charge in [0, 0.05) is 18.2 Å². The van der Waals surface area contributed by atoms with Crippen LogP contribution < -0.4 is 11.2 Å². The monoisotopic (exact) mass is 319 g/mol. The number of hydrogen-bond acceptors (Lipinski definition) is 3. The maximum absolute atomic E-state index is 12.2. The second kappa shape index (κ2) is 5.23. The van der Waals surface area contributed by atoms with Crippen LogP contribution >= 0.6 is 11.6 Å². The zero-order valence-corrected chi connectivity index (χ0v) is 13.0. The Kier molecular flexibility index (Phi) is 3.33. The lowest BCUT2D eigenvalue weighted by molar-refractivity contribution is 0.437. The Morgan fingerprint density at radius 1 is 1.14 bits per heavy atom. The highest BCUT2D eigenvalue weighted by molar-refractivity contribution is 6.35. The molecule has 0 spiro atoms. The number of nitrogens with one attached hydrogen (secondary N) is 1. The van der Waals surface area contributed by atoms with E-state index in [1.807, 2.05) is 0 Å². The van der Waals surface area contributed by atoms with Gasteiger partial charge in [0.1, 0.15) is 0 Å². The van der Waals surface area contributed by atoms with Crippen LogP contribution in [0.3, 0.4) is 0 Å². The van der Waals surface area contributed by atoms with Gasteiger partial charge in [-0.15, -0.1) is 0 Å². The van der Waals surface area contributed by atoms with Crippen LogP contribution in [0.5, 0.6) is 0 Å². The molecule has 1 N–H and O–H groups in total. The fourth-order valence-corrected chi connectivity index (χ4v) is 3.96. The number of fused-ring (bicyclic) bond motifs is 1. The molecule has 0 radical (unpaired) electrons. The predicted molar refractivity (Wildman–Crippen MR) is 85.7 cm³/mol. The van der Waals surface area contributed by atoms with Crippen LogP contribution in [-0.2, 0) is 0 Å². The van der Waals surface area contributed by atoms with Crippen molar-refractivity contribution in [1.82, 2.24) is 14.5 Å². The quantitative estimate of drug-likeness (QED) is 0.924. The molecule has 2 saturated carbocycles. The highest BCUT2D eigenvalue weighted by Crippen LogP contribution is 2.40. The summed E-state index contributed by atoms with van der Waals surface area (Å²) in [6.07, 6.45) is 9.29. The molecule has 2 aromatic heterocycles. The Labute approximate surface area is 132 Å². The van der Waals surface area contributed by atoms with Crippen LogP contribution in [0.15, 0.2) is 15.8 Å². The lowest BCUT2D eigenvalue weighted by Gasteiger charge is -2.23. The topological polar surface area (TPSA) is 67.8 Å². The summed E-state index contributed by atoms with van der Waals surface area (Å²) in [4.78, 5) is 31.1. The molecule has 6 heteroatoms. The van der Waals surface area contributed by atoms with Crippen molar-refractivity contribution in [2.45, 2.75) is 56.9 Å². The van der Waals surface area contributed by atoms with Crippen molar-refractivity contribution in [1.29, 1.82) is 0 Å². The van der Waals surface area contributed by atoms with E-state index in [4.69, 9.17) is 11.6 Å². The molecule has 0 aliphatic heterocycles. The number of rotatable bonds is 2. The summed E-state index contributed by atoms with van der Waals surface area (Å²) in [6.45, 7) is 0. The van der Waals surface area contributed by atoms with Gasteiger partial charge in [0.25, 0.3) is 5.56 Å². The molecular weight excluding hydrogens is 302 g/mol. The maximum atomic E-state index is 12.2. The van der Waals surface area contributed by atoms with Gasteiger partial charge in [-0.05, 0) is 25.7 Å². The molecule has 5 nitrogen and oxygen atoms in total. The number of aromatic nitrogens is 3. The van der Waals surface area contributed by atoms with Crippen LogP contribution in [-0.4, -0.2) is 14.5 Å². The Morgan fingerprint density at radius 3 is 2.55 bits per heavy atom. The van der Waals surface area contributed by atoms with Gasteiger partial charge in [0.05, 0.1) is 21.6 Å². The van der Waals surface area contributed by atoms with Crippen molar-refractivity contribution >= 4 is 22.5 Å². The molecule has 0 atom stereocenters. The summed E-state index contributed by atoms with van der Waals surface area (Å²) < 4.78 is 1.66. The maximum Gasteiger partial charge on any atom is 0.329 e. The standard InChI is InChI=1S/C16H18ClN3O2/c17-12-13(9-4-2-1-3-5-9)18-8-11-14(12)20(10-6-7-10)16(22)19-15(11)21/h8-10H,1-7H2,(H,19,21,22). The van der Waals surface area contributed by atoms with E-state index in [9.17, 15) is 9.59 Å². The zero-order valence-electron chi connectivity index (χ0n) is 12.3. The highest BCUT2D eigenvalue weighted by Gasteiger charge is 2.30. The smallest absolute Gasteiger partial charge is 0.289 e. The Balaban J connectivity index is 1.98. The number of halogens is 1. The van der Waals surface area contributed by atoms with Gasteiger partial charge in [0.15, 0.2) is 0 Å². The van der Waals surface area contributed by atoms with Crippen LogP contribution in [0.1, 0.15) is 62.6 Å². The number of nitrogens with zero attached hydrogens (tertiary/aromatic N) is 2. The van der Waals surface area contributed by atoms with Crippen LogP contribution in [0, 0.1) is 0 Å². The van der Waals surface area contributed by atoms with Gasteiger partial charge in [-0.2, -0.15) is 0 Å². The summed E-state index contributed by atoms with van der Waals surface area (Å²) in [5, 5.41) is 0.913. The van der Waals surface area contributed by atoms with Gasteiger partial charge in [-0.25, -0.2) is 4.79 Å². The van der Waals surface area contributed by atoms with Crippen molar-refractivity contribution in [3.63, 3.8) is 0 Å². The predicted octanol–water partition coefficient (Wildman–Crippen LogP) is 3.12. The van der Waals surface area contributed by atoms with E-state index >= 15 is 0 Å². The average Bonchev–Trinajstić information content (AvgIpc) is 3.34. The third-order valence-electron chi connectivity index (χ3n) is 4.85. The van der Waals surface area contributed by atoms with Crippen molar-refractivity contribution in [3.8, 4) is 0 Å². The minimum absolute atomic E-state index is 0.158. The second-order valence-corrected chi connectivity index (χ2v) is 6.79. The first kappa shape index (κ1) is 14.0. The normalized spacial score (nSPS) is 19.7. The number of H-pyrrole nitrogens is 1. The first-order chi connectivity index (χ1) is 10.7. The Bertz CT molecular complexity index is 845. The van der Waals surface area contributed by atoms with Crippen molar-refractivity contribution in [3.05, 3.63) is 37.8 Å². The molecule has 116 valence electrons. The molecule has 0 saturated heterocycles. The molecule has 4 rings (SSSR count). The van der Waals surface area contributed by atoms with Crippen molar-refractivity contribution in [2.75, 3.05) is 0 Å². The highest BCUT2D eigenvalue weighted by atomic mass is 35.5. The summed E-state index contributed by atoms with van der Waals surface area (Å²) in [7, 11) is 0. The SMILES string of the molecule is O=c1[nH]c(=O)n(C2CC2)c2c(Cl)c(C3CCCCC3)ncc12. The molecule has 2 aromatic rings. The molecule has 0 bridgehead atoms. The molecule has 2 aliphatic carbocycles. The van der Waals surface area contributed by atoms with Gasteiger partial charge in [0.2, 0.25) is 0 Å². The summed E-state index contributed by atoms with van der Waals surface area (Å²) in [5.74, 6) is 0.340. The van der Waals surface area contributed by atoms with Gasteiger partial charge in [-0.1, -0.05) is 30.9 Å². The summed E-state index contributed by atoms with van der Waals surface area (Å²) >= 11 is 6.62. The molecule has 22 heavy (non-hydrogen) atoms. The summed E-state index contributed by atoms with van der Waals surface area (Å²) in [5.41, 5.74) is 0.672. The van der Waals surface area contributed by atoms with Gasteiger partial charge in [-0.3, -0.25) is 19.3 Å². The third-order valence-corrected chi connectivity index (χ3v) is 5.22. The fourth-order valence-electron chi connectivity index (χ4n) is 3.56. The van der Waals surface area contributed by atoms with E-state index in [1.54, 1.807) is 10.8 Å². The molecular formula is C16H18ClN3O2. The Hall–Kier alpha value is -1.62. The van der Waals surface area contributed by atoms with Crippen LogP contribution in [0.4, 0.5) is 0 Å². The third kappa shape index (κ3) is 2.19. The van der Waals surface area contributed by atoms with Crippen molar-refractivity contribution < 1.29 is 0 Å². The van der Waals surface area contributed by atoms with E-state index in [0.717, 1.165) is 31.4 Å². The van der Waals surface area contributed by atoms with E-state index < -0.39 is 5.56 Å². The molecule has 2 fully saturated rings. The Morgan fingerprint density at radius 2 is 1.86 bits per heavy atom.